The third-order valence-corrected chi connectivity index (χ3v) is 4.32. The third-order valence-electron chi connectivity index (χ3n) is 2.84. The maximum Gasteiger partial charge on any atom is 0.240 e. The molecule has 1 rings (SSSR count). The maximum absolute atomic E-state index is 12.0. The SMILES string of the molecule is CCCCCNS(=O)(=O)c1ccc(CCC)cc1. The quantitative estimate of drug-likeness (QED) is 0.737. The van der Waals surface area contributed by atoms with Crippen LogP contribution in [0, 0.1) is 0 Å². The maximum atomic E-state index is 12.0. The summed E-state index contributed by atoms with van der Waals surface area (Å²) in [4.78, 5) is 0.360. The van der Waals surface area contributed by atoms with Crippen LogP contribution in [0.15, 0.2) is 29.2 Å². The van der Waals surface area contributed by atoms with E-state index in [2.05, 4.69) is 18.6 Å². The molecule has 0 unspecified atom stereocenters. The second-order valence-corrected chi connectivity index (χ2v) is 6.27. The van der Waals surface area contributed by atoms with Gasteiger partial charge in [-0.15, -0.1) is 0 Å². The molecule has 0 amide bonds. The van der Waals surface area contributed by atoms with Crippen molar-refractivity contribution in [1.82, 2.24) is 4.72 Å². The molecule has 0 bridgehead atoms. The second kappa shape index (κ2) is 7.54. The second-order valence-electron chi connectivity index (χ2n) is 4.50. The molecule has 0 saturated heterocycles. The Balaban J connectivity index is 2.61. The third kappa shape index (κ3) is 4.78. The van der Waals surface area contributed by atoms with Gasteiger partial charge in [0.05, 0.1) is 4.90 Å². The molecular weight excluding hydrogens is 246 g/mol. The fraction of sp³-hybridized carbons (Fsp3) is 0.571. The van der Waals surface area contributed by atoms with E-state index in [4.69, 9.17) is 0 Å². The minimum atomic E-state index is -3.32. The van der Waals surface area contributed by atoms with Gasteiger partial charge in [0, 0.05) is 6.54 Å². The number of rotatable bonds is 8. The Morgan fingerprint density at radius 2 is 1.67 bits per heavy atom. The van der Waals surface area contributed by atoms with Crippen molar-refractivity contribution < 1.29 is 8.42 Å². The topological polar surface area (TPSA) is 46.2 Å². The number of aryl methyl sites for hydroxylation is 1. The normalized spacial score (nSPS) is 11.7. The van der Waals surface area contributed by atoms with E-state index >= 15 is 0 Å². The van der Waals surface area contributed by atoms with Gasteiger partial charge in [0.2, 0.25) is 10.0 Å². The van der Waals surface area contributed by atoms with Crippen LogP contribution >= 0.6 is 0 Å². The van der Waals surface area contributed by atoms with Crippen LogP contribution in [0.3, 0.4) is 0 Å². The summed E-state index contributed by atoms with van der Waals surface area (Å²) in [6.45, 7) is 4.73. The monoisotopic (exact) mass is 269 g/mol. The van der Waals surface area contributed by atoms with Gasteiger partial charge < -0.3 is 0 Å². The smallest absolute Gasteiger partial charge is 0.211 e. The lowest BCUT2D eigenvalue weighted by Crippen LogP contribution is -2.24. The molecule has 0 fully saturated rings. The zero-order chi connectivity index (χ0) is 13.4. The summed E-state index contributed by atoms with van der Waals surface area (Å²) in [6, 6.07) is 7.16. The van der Waals surface area contributed by atoms with Crippen LogP contribution in [-0.4, -0.2) is 15.0 Å². The molecule has 0 aliphatic carbocycles. The molecule has 0 aromatic heterocycles. The van der Waals surface area contributed by atoms with Crippen molar-refractivity contribution in [3.05, 3.63) is 29.8 Å². The minimum Gasteiger partial charge on any atom is -0.211 e. The first-order valence-electron chi connectivity index (χ1n) is 6.68. The molecule has 18 heavy (non-hydrogen) atoms. The average Bonchev–Trinajstić information content (AvgIpc) is 2.36. The molecule has 4 heteroatoms. The first-order valence-corrected chi connectivity index (χ1v) is 8.17. The predicted octanol–water partition coefficient (Wildman–Crippen LogP) is 3.11. The Bertz CT molecular complexity index is 437. The van der Waals surface area contributed by atoms with Gasteiger partial charge in [-0.1, -0.05) is 45.2 Å². The number of sulfonamides is 1. The van der Waals surface area contributed by atoms with Gasteiger partial charge in [0.1, 0.15) is 0 Å². The van der Waals surface area contributed by atoms with E-state index in [1.165, 1.54) is 5.56 Å². The standard InChI is InChI=1S/C14H23NO2S/c1-3-5-6-12-15-18(16,17)14-10-8-13(7-4-2)9-11-14/h8-11,15H,3-7,12H2,1-2H3. The summed E-state index contributed by atoms with van der Waals surface area (Å²) in [6.07, 6.45) is 5.10. The number of unbranched alkanes of at least 4 members (excludes halogenated alkanes) is 2. The first kappa shape index (κ1) is 15.2. The minimum absolute atomic E-state index is 0.360. The van der Waals surface area contributed by atoms with Crippen molar-refractivity contribution >= 4 is 10.0 Å². The van der Waals surface area contributed by atoms with Gasteiger partial charge in [0.15, 0.2) is 0 Å². The highest BCUT2D eigenvalue weighted by Crippen LogP contribution is 2.11. The largest absolute Gasteiger partial charge is 0.240 e. The van der Waals surface area contributed by atoms with Gasteiger partial charge in [-0.2, -0.15) is 0 Å². The molecule has 1 aromatic carbocycles. The van der Waals surface area contributed by atoms with Crippen LogP contribution < -0.4 is 4.72 Å². The van der Waals surface area contributed by atoms with Gasteiger partial charge in [-0.05, 0) is 30.5 Å². The molecule has 102 valence electrons. The Hall–Kier alpha value is -0.870. The molecule has 0 aliphatic heterocycles. The van der Waals surface area contributed by atoms with Gasteiger partial charge in [-0.25, -0.2) is 13.1 Å². The highest BCUT2D eigenvalue weighted by Gasteiger charge is 2.12. The Kier molecular flexibility index (Phi) is 6.36. The molecule has 0 heterocycles. The summed E-state index contributed by atoms with van der Waals surface area (Å²) in [5.41, 5.74) is 1.18. The van der Waals surface area contributed by atoms with E-state index in [-0.39, 0.29) is 0 Å². The van der Waals surface area contributed by atoms with Crippen molar-refractivity contribution in [2.24, 2.45) is 0 Å². The van der Waals surface area contributed by atoms with Gasteiger partial charge in [-0.3, -0.25) is 0 Å². The molecule has 0 spiro atoms. The van der Waals surface area contributed by atoms with Crippen molar-refractivity contribution in [1.29, 1.82) is 0 Å². The molecular formula is C14H23NO2S. The molecule has 0 aliphatic rings. The molecule has 3 nitrogen and oxygen atoms in total. The zero-order valence-electron chi connectivity index (χ0n) is 11.3. The van der Waals surface area contributed by atoms with Crippen LogP contribution in [0.4, 0.5) is 0 Å². The van der Waals surface area contributed by atoms with Crippen LogP contribution in [0.25, 0.3) is 0 Å². The van der Waals surface area contributed by atoms with E-state index in [0.717, 1.165) is 32.1 Å². The molecule has 0 atom stereocenters. The first-order chi connectivity index (χ1) is 8.60. The fourth-order valence-electron chi connectivity index (χ4n) is 1.79. The van der Waals surface area contributed by atoms with Crippen LogP contribution in [-0.2, 0) is 16.4 Å². The van der Waals surface area contributed by atoms with Gasteiger partial charge >= 0.3 is 0 Å². The van der Waals surface area contributed by atoms with Gasteiger partial charge in [0.25, 0.3) is 0 Å². The number of benzene rings is 1. The Morgan fingerprint density at radius 1 is 1.00 bits per heavy atom. The van der Waals surface area contributed by atoms with Crippen LogP contribution in [0.5, 0.6) is 0 Å². The number of nitrogens with one attached hydrogen (secondary N) is 1. The molecule has 0 radical (unpaired) electrons. The van der Waals surface area contributed by atoms with Crippen molar-refractivity contribution in [3.63, 3.8) is 0 Å². The zero-order valence-corrected chi connectivity index (χ0v) is 12.1. The highest BCUT2D eigenvalue weighted by atomic mass is 32.2. The lowest BCUT2D eigenvalue weighted by Gasteiger charge is -2.07. The van der Waals surface area contributed by atoms with E-state index in [1.54, 1.807) is 12.1 Å². The van der Waals surface area contributed by atoms with E-state index in [9.17, 15) is 8.42 Å². The summed E-state index contributed by atoms with van der Waals surface area (Å²) in [5, 5.41) is 0. The molecule has 0 saturated carbocycles. The summed E-state index contributed by atoms with van der Waals surface area (Å²) in [5.74, 6) is 0. The summed E-state index contributed by atoms with van der Waals surface area (Å²) >= 11 is 0. The van der Waals surface area contributed by atoms with Crippen LogP contribution in [0.2, 0.25) is 0 Å². The van der Waals surface area contributed by atoms with Crippen molar-refractivity contribution in [2.45, 2.75) is 50.8 Å². The summed E-state index contributed by atoms with van der Waals surface area (Å²) < 4.78 is 26.5. The highest BCUT2D eigenvalue weighted by molar-refractivity contribution is 7.89. The Labute approximate surface area is 111 Å². The summed E-state index contributed by atoms with van der Waals surface area (Å²) in [7, 11) is -3.32. The molecule has 1 N–H and O–H groups in total. The number of hydrogen-bond donors (Lipinski definition) is 1. The molecule has 1 aromatic rings. The lowest BCUT2D eigenvalue weighted by molar-refractivity contribution is 0.576. The van der Waals surface area contributed by atoms with E-state index < -0.39 is 10.0 Å². The Morgan fingerprint density at radius 3 is 2.22 bits per heavy atom. The number of hydrogen-bond acceptors (Lipinski definition) is 2. The van der Waals surface area contributed by atoms with E-state index in [1.807, 2.05) is 12.1 Å². The predicted molar refractivity (Wildman–Crippen MR) is 75.2 cm³/mol. The fourth-order valence-corrected chi connectivity index (χ4v) is 2.86. The lowest BCUT2D eigenvalue weighted by atomic mass is 10.1. The van der Waals surface area contributed by atoms with Crippen molar-refractivity contribution in [2.75, 3.05) is 6.54 Å². The van der Waals surface area contributed by atoms with E-state index in [0.29, 0.717) is 11.4 Å². The van der Waals surface area contributed by atoms with Crippen LogP contribution in [0.1, 0.15) is 45.1 Å². The average molecular weight is 269 g/mol. The van der Waals surface area contributed by atoms with Crippen molar-refractivity contribution in [3.8, 4) is 0 Å².